The van der Waals surface area contributed by atoms with Crippen LogP contribution < -0.4 is 0 Å². The fraction of sp³-hybridized carbons (Fsp3) is 0.875. The maximum atomic E-state index is 11.8. The van der Waals surface area contributed by atoms with E-state index in [0.29, 0.717) is 13.2 Å². The molecule has 0 amide bonds. The molecule has 0 aromatic carbocycles. The van der Waals surface area contributed by atoms with Gasteiger partial charge in [-0.25, -0.2) is 8.42 Å². The van der Waals surface area contributed by atoms with E-state index in [1.165, 1.54) is 0 Å². The molecule has 134 valence electrons. The van der Waals surface area contributed by atoms with E-state index in [9.17, 15) is 18.0 Å². The maximum Gasteiger partial charge on any atom is 0.306 e. The summed E-state index contributed by atoms with van der Waals surface area (Å²) in [6, 6.07) is 0. The lowest BCUT2D eigenvalue weighted by molar-refractivity contribution is -0.148. The highest BCUT2D eigenvalue weighted by Crippen LogP contribution is 2.31. The number of carbonyl (C=O) groups excluding carboxylic acids is 2. The molecule has 23 heavy (non-hydrogen) atoms. The van der Waals surface area contributed by atoms with Gasteiger partial charge in [0.1, 0.15) is 0 Å². The van der Waals surface area contributed by atoms with E-state index < -0.39 is 9.84 Å². The second-order valence-electron chi connectivity index (χ2n) is 6.15. The minimum Gasteiger partial charge on any atom is -0.466 e. The molecule has 0 unspecified atom stereocenters. The molecular formula is C16H28O6S. The molecule has 0 bridgehead atoms. The predicted octanol–water partition coefficient (Wildman–Crippen LogP) is 2.11. The van der Waals surface area contributed by atoms with Crippen molar-refractivity contribution in [3.05, 3.63) is 0 Å². The molecule has 6 nitrogen and oxygen atoms in total. The fourth-order valence-corrected chi connectivity index (χ4v) is 4.87. The average Bonchev–Trinajstić information content (AvgIpc) is 2.73. The Morgan fingerprint density at radius 3 is 1.61 bits per heavy atom. The molecular weight excluding hydrogens is 320 g/mol. The first-order valence-corrected chi connectivity index (χ1v) is 10.2. The van der Waals surface area contributed by atoms with Gasteiger partial charge in [0.2, 0.25) is 0 Å². The van der Waals surface area contributed by atoms with Gasteiger partial charge in [-0.3, -0.25) is 9.59 Å². The highest BCUT2D eigenvalue weighted by molar-refractivity contribution is 7.91. The van der Waals surface area contributed by atoms with Crippen molar-refractivity contribution in [2.45, 2.75) is 52.4 Å². The Hall–Kier alpha value is -1.11. The van der Waals surface area contributed by atoms with Crippen molar-refractivity contribution in [1.82, 2.24) is 0 Å². The van der Waals surface area contributed by atoms with E-state index in [-0.39, 0.29) is 48.1 Å². The van der Waals surface area contributed by atoms with Crippen LogP contribution in [0.2, 0.25) is 0 Å². The molecule has 1 aliphatic heterocycles. The summed E-state index contributed by atoms with van der Waals surface area (Å²) in [6.07, 6.45) is 3.55. The van der Waals surface area contributed by atoms with Crippen LogP contribution in [-0.2, 0) is 28.9 Å². The zero-order chi connectivity index (χ0) is 17.3. The van der Waals surface area contributed by atoms with Crippen molar-refractivity contribution in [1.29, 1.82) is 0 Å². The smallest absolute Gasteiger partial charge is 0.306 e. The molecule has 1 saturated heterocycles. The van der Waals surface area contributed by atoms with E-state index >= 15 is 0 Å². The van der Waals surface area contributed by atoms with Crippen LogP contribution in [0.15, 0.2) is 0 Å². The fourth-order valence-electron chi connectivity index (χ4n) is 2.65. The van der Waals surface area contributed by atoms with E-state index in [1.54, 1.807) is 0 Å². The monoisotopic (exact) mass is 348 g/mol. The number of hydrogen-bond donors (Lipinski definition) is 0. The number of ether oxygens (including phenoxy) is 2. The molecule has 1 aliphatic rings. The first-order chi connectivity index (χ1) is 10.9. The molecule has 0 saturated carbocycles. The molecule has 0 N–H and O–H groups in total. The molecule has 7 heteroatoms. The average molecular weight is 348 g/mol. The molecule has 0 radical (unpaired) electrons. The van der Waals surface area contributed by atoms with Crippen molar-refractivity contribution in [3.8, 4) is 0 Å². The Labute approximate surface area is 138 Å². The molecule has 0 aromatic heterocycles. The Kier molecular flexibility index (Phi) is 8.58. The van der Waals surface area contributed by atoms with Crippen LogP contribution in [0.25, 0.3) is 0 Å². The largest absolute Gasteiger partial charge is 0.466 e. The maximum absolute atomic E-state index is 11.8. The van der Waals surface area contributed by atoms with Gasteiger partial charge in [-0.1, -0.05) is 26.7 Å². The summed E-state index contributed by atoms with van der Waals surface area (Å²) in [6.45, 7) is 4.71. The molecule has 1 heterocycles. The molecule has 1 rings (SSSR count). The summed E-state index contributed by atoms with van der Waals surface area (Å²) >= 11 is 0. The van der Waals surface area contributed by atoms with E-state index in [1.807, 2.05) is 13.8 Å². The zero-order valence-corrected chi connectivity index (χ0v) is 14.9. The standard InChI is InChI=1S/C16H28O6S/c1-3-5-7-21-15(17)9-13-11-23(19,20)12-14(13)10-16(18)22-8-6-4-2/h13-14H,3-12H2,1-2H3/t13-,14-/m1/s1. The van der Waals surface area contributed by atoms with Crippen LogP contribution in [0.1, 0.15) is 52.4 Å². The van der Waals surface area contributed by atoms with Crippen LogP contribution in [-0.4, -0.2) is 45.1 Å². The third kappa shape index (κ3) is 7.81. The van der Waals surface area contributed by atoms with Gasteiger partial charge in [-0.2, -0.15) is 0 Å². The van der Waals surface area contributed by atoms with Crippen LogP contribution in [0.5, 0.6) is 0 Å². The third-order valence-corrected chi connectivity index (χ3v) is 5.85. The number of carbonyl (C=O) groups is 2. The number of sulfone groups is 1. The lowest BCUT2D eigenvalue weighted by Gasteiger charge is -2.16. The van der Waals surface area contributed by atoms with E-state index in [0.717, 1.165) is 25.7 Å². The summed E-state index contributed by atoms with van der Waals surface area (Å²) in [4.78, 5) is 23.6. The minimum absolute atomic E-state index is 0.0514. The third-order valence-electron chi connectivity index (χ3n) is 3.98. The molecule has 0 spiro atoms. The van der Waals surface area contributed by atoms with Crippen LogP contribution in [0, 0.1) is 11.8 Å². The summed E-state index contributed by atoms with van der Waals surface area (Å²) in [5.41, 5.74) is 0. The van der Waals surface area contributed by atoms with E-state index in [4.69, 9.17) is 9.47 Å². The Morgan fingerprint density at radius 2 is 1.26 bits per heavy atom. The van der Waals surface area contributed by atoms with Crippen molar-refractivity contribution in [2.24, 2.45) is 11.8 Å². The second kappa shape index (κ2) is 9.90. The number of rotatable bonds is 10. The predicted molar refractivity (Wildman–Crippen MR) is 86.6 cm³/mol. The Bertz CT molecular complexity index is 447. The van der Waals surface area contributed by atoms with Crippen molar-refractivity contribution in [3.63, 3.8) is 0 Å². The molecule has 0 aliphatic carbocycles. The molecule has 0 aromatic rings. The van der Waals surface area contributed by atoms with Gasteiger partial charge >= 0.3 is 11.9 Å². The van der Waals surface area contributed by atoms with Gasteiger partial charge in [-0.05, 0) is 24.7 Å². The summed E-state index contributed by atoms with van der Waals surface area (Å²) in [5.74, 6) is -1.58. The van der Waals surface area contributed by atoms with Crippen molar-refractivity contribution >= 4 is 21.8 Å². The van der Waals surface area contributed by atoms with Crippen LogP contribution in [0.4, 0.5) is 0 Å². The molecule has 2 atom stereocenters. The van der Waals surface area contributed by atoms with Crippen LogP contribution in [0.3, 0.4) is 0 Å². The quantitative estimate of drug-likeness (QED) is 0.444. The summed E-state index contributed by atoms with van der Waals surface area (Å²) < 4.78 is 33.9. The Morgan fingerprint density at radius 1 is 0.870 bits per heavy atom. The lowest BCUT2D eigenvalue weighted by Crippen LogP contribution is -2.22. The zero-order valence-electron chi connectivity index (χ0n) is 14.1. The summed E-state index contributed by atoms with van der Waals surface area (Å²) in [7, 11) is -3.20. The van der Waals surface area contributed by atoms with Gasteiger partial charge in [-0.15, -0.1) is 0 Å². The van der Waals surface area contributed by atoms with Gasteiger partial charge in [0.15, 0.2) is 9.84 Å². The SMILES string of the molecule is CCCCOC(=O)C[C@@H]1CS(=O)(=O)C[C@H]1CC(=O)OCCCC. The normalized spacial score (nSPS) is 22.7. The Balaban J connectivity index is 2.50. The van der Waals surface area contributed by atoms with Gasteiger partial charge in [0, 0.05) is 12.8 Å². The highest BCUT2D eigenvalue weighted by Gasteiger charge is 2.40. The van der Waals surface area contributed by atoms with Gasteiger partial charge < -0.3 is 9.47 Å². The first-order valence-electron chi connectivity index (χ1n) is 8.39. The molecule has 1 fully saturated rings. The second-order valence-corrected chi connectivity index (χ2v) is 8.31. The van der Waals surface area contributed by atoms with Gasteiger partial charge in [0.05, 0.1) is 24.7 Å². The minimum atomic E-state index is -3.20. The summed E-state index contributed by atoms with van der Waals surface area (Å²) in [5, 5.41) is 0. The number of hydrogen-bond acceptors (Lipinski definition) is 6. The lowest BCUT2D eigenvalue weighted by atomic mass is 9.90. The van der Waals surface area contributed by atoms with Gasteiger partial charge in [0.25, 0.3) is 0 Å². The number of unbranched alkanes of at least 4 members (excludes halogenated alkanes) is 2. The van der Waals surface area contributed by atoms with Crippen LogP contribution >= 0.6 is 0 Å². The van der Waals surface area contributed by atoms with Crippen molar-refractivity contribution < 1.29 is 27.5 Å². The number of esters is 2. The van der Waals surface area contributed by atoms with Crippen molar-refractivity contribution in [2.75, 3.05) is 24.7 Å². The topological polar surface area (TPSA) is 86.7 Å². The highest BCUT2D eigenvalue weighted by atomic mass is 32.2. The van der Waals surface area contributed by atoms with E-state index in [2.05, 4.69) is 0 Å². The first kappa shape index (κ1) is 19.9.